The molecule has 0 radical (unpaired) electrons. The van der Waals surface area contributed by atoms with E-state index in [0.717, 1.165) is 0 Å². The van der Waals surface area contributed by atoms with Gasteiger partial charge in [0, 0.05) is 61.5 Å². The first-order chi connectivity index (χ1) is 13.9. The van der Waals surface area contributed by atoms with Gasteiger partial charge in [-0.3, -0.25) is 25.1 Å². The molecule has 0 spiro atoms. The second kappa shape index (κ2) is 8.03. The van der Waals surface area contributed by atoms with E-state index in [0.29, 0.717) is 51.0 Å². The highest BCUT2D eigenvalue weighted by molar-refractivity contribution is 5.94. The number of carbonyl (C=O) groups excluding carboxylic acids is 2. The monoisotopic (exact) mass is 405 g/mol. The smallest absolute Gasteiger partial charge is 0.254 e. The first-order valence-corrected chi connectivity index (χ1v) is 9.92. The Kier molecular flexibility index (Phi) is 5.46. The first-order valence-electron chi connectivity index (χ1n) is 9.92. The second-order valence-corrected chi connectivity index (χ2v) is 7.92. The van der Waals surface area contributed by atoms with Crippen molar-refractivity contribution in [2.24, 2.45) is 5.92 Å². The number of amides is 2. The van der Waals surface area contributed by atoms with E-state index in [1.165, 1.54) is 18.2 Å². The Morgan fingerprint density at radius 2 is 1.83 bits per heavy atom. The highest BCUT2D eigenvalue weighted by Gasteiger charge is 2.47. The Morgan fingerprint density at radius 3 is 2.52 bits per heavy atom. The third-order valence-electron chi connectivity index (χ3n) is 6.24. The van der Waals surface area contributed by atoms with Gasteiger partial charge < -0.3 is 9.80 Å². The molecule has 10 heteroatoms. The quantitative estimate of drug-likeness (QED) is 0.557. The molecule has 4 unspecified atom stereocenters. The molecule has 156 valence electrons. The topological polar surface area (TPSA) is 108 Å². The van der Waals surface area contributed by atoms with Gasteiger partial charge in [0.2, 0.25) is 11.9 Å². The lowest BCUT2D eigenvalue weighted by Crippen LogP contribution is -2.56. The molecule has 1 saturated carbocycles. The zero-order valence-corrected chi connectivity index (χ0v) is 15.9. The van der Waals surface area contributed by atoms with Crippen LogP contribution >= 0.6 is 0 Å². The van der Waals surface area contributed by atoms with Crippen molar-refractivity contribution < 1.29 is 18.9 Å². The summed E-state index contributed by atoms with van der Waals surface area (Å²) in [6.07, 6.45) is 1.57. The Hall–Kier alpha value is -2.59. The SMILES string of the molecule is O=C(c1cccc(F)c1)N1CCN(C(=O)C2NNC3CCC([N+](=O)[O-])CC32)CC1. The minimum atomic E-state index is -0.603. The van der Waals surface area contributed by atoms with Crippen molar-refractivity contribution in [1.29, 1.82) is 0 Å². The molecule has 4 rings (SSSR count). The van der Waals surface area contributed by atoms with E-state index in [9.17, 15) is 24.1 Å². The van der Waals surface area contributed by atoms with E-state index >= 15 is 0 Å². The van der Waals surface area contributed by atoms with Crippen molar-refractivity contribution >= 4 is 11.8 Å². The molecule has 4 atom stereocenters. The molecule has 9 nitrogen and oxygen atoms in total. The van der Waals surface area contributed by atoms with E-state index in [1.807, 2.05) is 0 Å². The summed E-state index contributed by atoms with van der Waals surface area (Å²) in [7, 11) is 0. The number of hydrogen-bond acceptors (Lipinski definition) is 6. The minimum absolute atomic E-state index is 0.0657. The number of nitrogens with zero attached hydrogens (tertiary/aromatic N) is 3. The Labute approximate surface area is 167 Å². The zero-order chi connectivity index (χ0) is 20.5. The van der Waals surface area contributed by atoms with Crippen molar-refractivity contribution in [2.75, 3.05) is 26.2 Å². The van der Waals surface area contributed by atoms with Crippen LogP contribution in [-0.4, -0.2) is 70.8 Å². The number of nitro groups is 1. The van der Waals surface area contributed by atoms with E-state index in [2.05, 4.69) is 10.9 Å². The number of halogens is 1. The lowest BCUT2D eigenvalue weighted by Gasteiger charge is -2.37. The minimum Gasteiger partial charge on any atom is -0.338 e. The van der Waals surface area contributed by atoms with E-state index < -0.39 is 17.9 Å². The van der Waals surface area contributed by atoms with Gasteiger partial charge in [0.15, 0.2) is 0 Å². The van der Waals surface area contributed by atoms with Crippen molar-refractivity contribution in [3.05, 3.63) is 45.8 Å². The molecule has 2 amide bonds. The molecule has 0 bridgehead atoms. The summed E-state index contributed by atoms with van der Waals surface area (Å²) in [6, 6.07) is 4.55. The van der Waals surface area contributed by atoms with Gasteiger partial charge in [0.05, 0.1) is 0 Å². The standard InChI is InChI=1S/C19H24FN5O4/c20-13-3-1-2-12(10-13)18(26)23-6-8-24(9-7-23)19(27)17-15-11-14(25(28)29)4-5-16(15)21-22-17/h1-3,10,14-17,21-22H,4-9,11H2. The number of fused-ring (bicyclic) bond motifs is 1. The maximum absolute atomic E-state index is 13.4. The third-order valence-corrected chi connectivity index (χ3v) is 6.24. The number of benzene rings is 1. The van der Waals surface area contributed by atoms with Gasteiger partial charge in [0.1, 0.15) is 11.9 Å². The largest absolute Gasteiger partial charge is 0.338 e. The van der Waals surface area contributed by atoms with Crippen LogP contribution in [0.1, 0.15) is 29.6 Å². The Balaban J connectivity index is 1.35. The molecule has 2 saturated heterocycles. The fourth-order valence-corrected chi connectivity index (χ4v) is 4.60. The highest BCUT2D eigenvalue weighted by atomic mass is 19.1. The van der Waals surface area contributed by atoms with Crippen LogP contribution in [0.25, 0.3) is 0 Å². The van der Waals surface area contributed by atoms with Gasteiger partial charge in [-0.2, -0.15) is 0 Å². The van der Waals surface area contributed by atoms with Crippen LogP contribution in [0.3, 0.4) is 0 Å². The summed E-state index contributed by atoms with van der Waals surface area (Å²) in [5.74, 6) is -0.913. The molecule has 0 aromatic heterocycles. The van der Waals surface area contributed by atoms with Crippen LogP contribution in [0, 0.1) is 21.8 Å². The third kappa shape index (κ3) is 3.95. The molecule has 2 heterocycles. The summed E-state index contributed by atoms with van der Waals surface area (Å²) in [6.45, 7) is 1.50. The van der Waals surface area contributed by atoms with Gasteiger partial charge in [-0.15, -0.1) is 0 Å². The van der Waals surface area contributed by atoms with Gasteiger partial charge >= 0.3 is 0 Å². The fraction of sp³-hybridized carbons (Fsp3) is 0.579. The average molecular weight is 405 g/mol. The summed E-state index contributed by atoms with van der Waals surface area (Å²) in [4.78, 5) is 39.8. The van der Waals surface area contributed by atoms with Crippen LogP contribution in [0.5, 0.6) is 0 Å². The van der Waals surface area contributed by atoms with Crippen molar-refractivity contribution in [1.82, 2.24) is 20.7 Å². The number of hydrogen-bond donors (Lipinski definition) is 2. The summed E-state index contributed by atoms with van der Waals surface area (Å²) < 4.78 is 13.4. The lowest BCUT2D eigenvalue weighted by molar-refractivity contribution is -0.528. The van der Waals surface area contributed by atoms with Crippen molar-refractivity contribution in [3.63, 3.8) is 0 Å². The van der Waals surface area contributed by atoms with Gasteiger partial charge in [-0.25, -0.2) is 9.82 Å². The number of piperazine rings is 1. The highest BCUT2D eigenvalue weighted by Crippen LogP contribution is 2.32. The first kappa shape index (κ1) is 19.7. The van der Waals surface area contributed by atoms with E-state index in [-0.39, 0.29) is 28.7 Å². The van der Waals surface area contributed by atoms with Gasteiger partial charge in [-0.1, -0.05) is 6.07 Å². The molecule has 3 aliphatic rings. The van der Waals surface area contributed by atoms with Gasteiger partial charge in [0.25, 0.3) is 5.91 Å². The van der Waals surface area contributed by atoms with Crippen LogP contribution in [0.2, 0.25) is 0 Å². The van der Waals surface area contributed by atoms with Crippen molar-refractivity contribution in [2.45, 2.75) is 37.4 Å². The lowest BCUT2D eigenvalue weighted by atomic mass is 9.79. The van der Waals surface area contributed by atoms with E-state index in [4.69, 9.17) is 0 Å². The maximum atomic E-state index is 13.4. The fourth-order valence-electron chi connectivity index (χ4n) is 4.60. The Morgan fingerprint density at radius 1 is 1.10 bits per heavy atom. The van der Waals surface area contributed by atoms with Crippen LogP contribution in [0.4, 0.5) is 4.39 Å². The molecular weight excluding hydrogens is 381 g/mol. The molecule has 29 heavy (non-hydrogen) atoms. The molecular formula is C19H24FN5O4. The maximum Gasteiger partial charge on any atom is 0.254 e. The van der Waals surface area contributed by atoms with Crippen LogP contribution in [-0.2, 0) is 4.79 Å². The molecule has 1 aromatic rings. The summed E-state index contributed by atoms with van der Waals surface area (Å²) >= 11 is 0. The zero-order valence-electron chi connectivity index (χ0n) is 15.9. The molecule has 1 aliphatic carbocycles. The predicted octanol–water partition coefficient (Wildman–Crippen LogP) is 0.401. The predicted molar refractivity (Wildman–Crippen MR) is 101 cm³/mol. The number of carbonyl (C=O) groups is 2. The van der Waals surface area contributed by atoms with E-state index in [1.54, 1.807) is 15.9 Å². The van der Waals surface area contributed by atoms with Crippen LogP contribution in [0.15, 0.2) is 24.3 Å². The van der Waals surface area contributed by atoms with Crippen LogP contribution < -0.4 is 10.9 Å². The second-order valence-electron chi connectivity index (χ2n) is 7.92. The average Bonchev–Trinajstić information content (AvgIpc) is 3.16. The van der Waals surface area contributed by atoms with Gasteiger partial charge in [-0.05, 0) is 24.6 Å². The summed E-state index contributed by atoms with van der Waals surface area (Å²) in [5, 5.41) is 11.2. The number of rotatable bonds is 3. The molecule has 2 N–H and O–H groups in total. The number of nitrogens with one attached hydrogen (secondary N) is 2. The normalized spacial score (nSPS) is 29.4. The molecule has 3 fully saturated rings. The molecule has 1 aromatic carbocycles. The van der Waals surface area contributed by atoms with Crippen molar-refractivity contribution in [3.8, 4) is 0 Å². The Bertz CT molecular complexity index is 814. The summed E-state index contributed by atoms with van der Waals surface area (Å²) in [5.41, 5.74) is 6.45. The number of hydrazine groups is 1. The molecule has 2 aliphatic heterocycles.